The van der Waals surface area contributed by atoms with Crippen LogP contribution in [-0.2, 0) is 16.0 Å². The van der Waals surface area contributed by atoms with Crippen molar-refractivity contribution < 1.29 is 18.7 Å². The van der Waals surface area contributed by atoms with Gasteiger partial charge in [-0.15, -0.1) is 0 Å². The smallest absolute Gasteiger partial charge is 0.243 e. The van der Waals surface area contributed by atoms with E-state index in [9.17, 15) is 14.0 Å². The molecule has 0 aliphatic heterocycles. The Morgan fingerprint density at radius 1 is 1.11 bits per heavy atom. The Kier molecular flexibility index (Phi) is 6.55. The van der Waals surface area contributed by atoms with Crippen LogP contribution in [0.5, 0.6) is 5.75 Å². The fourth-order valence-electron chi connectivity index (χ4n) is 2.99. The predicted octanol–water partition coefficient (Wildman–Crippen LogP) is 3.40. The molecule has 0 unspecified atom stereocenters. The van der Waals surface area contributed by atoms with E-state index in [0.29, 0.717) is 5.56 Å². The Morgan fingerprint density at radius 2 is 1.74 bits per heavy atom. The van der Waals surface area contributed by atoms with Gasteiger partial charge in [0, 0.05) is 12.7 Å². The van der Waals surface area contributed by atoms with Gasteiger partial charge >= 0.3 is 0 Å². The molecule has 0 spiro atoms. The molecule has 2 rings (SSSR count). The fourth-order valence-corrected chi connectivity index (χ4v) is 2.99. The second-order valence-corrected chi connectivity index (χ2v) is 6.72. The van der Waals surface area contributed by atoms with Gasteiger partial charge in [-0.25, -0.2) is 4.39 Å². The molecule has 0 atom stereocenters. The fraction of sp³-hybridized carbons (Fsp3) is 0.333. The molecular formula is C21H25FN2O3. The average molecular weight is 372 g/mol. The van der Waals surface area contributed by atoms with Crippen molar-refractivity contribution in [1.82, 2.24) is 4.90 Å². The molecule has 27 heavy (non-hydrogen) atoms. The number of amides is 2. The molecule has 0 aliphatic rings. The van der Waals surface area contributed by atoms with Gasteiger partial charge in [0.2, 0.25) is 11.8 Å². The first kappa shape index (κ1) is 20.4. The molecule has 0 aliphatic carbocycles. The number of halogens is 1. The second kappa shape index (κ2) is 8.66. The number of hydrogen-bond acceptors (Lipinski definition) is 3. The average Bonchev–Trinajstić information content (AvgIpc) is 2.58. The van der Waals surface area contributed by atoms with Crippen LogP contribution in [0.2, 0.25) is 0 Å². The van der Waals surface area contributed by atoms with Crippen LogP contribution in [-0.4, -0.2) is 37.4 Å². The first-order chi connectivity index (χ1) is 12.7. The van der Waals surface area contributed by atoms with E-state index in [0.717, 1.165) is 22.4 Å². The number of carbonyl (C=O) groups is 2. The summed E-state index contributed by atoms with van der Waals surface area (Å²) in [6.07, 6.45) is 0.00722. The minimum Gasteiger partial charge on any atom is -0.494 e. The minimum atomic E-state index is -0.520. The lowest BCUT2D eigenvalue weighted by Crippen LogP contribution is -2.36. The molecule has 0 saturated heterocycles. The predicted molar refractivity (Wildman–Crippen MR) is 104 cm³/mol. The molecule has 0 bridgehead atoms. The Morgan fingerprint density at radius 3 is 2.30 bits per heavy atom. The van der Waals surface area contributed by atoms with Crippen molar-refractivity contribution in [2.45, 2.75) is 27.2 Å². The van der Waals surface area contributed by atoms with Crippen LogP contribution >= 0.6 is 0 Å². The number of ether oxygens (including phenoxy) is 1. The van der Waals surface area contributed by atoms with E-state index in [2.05, 4.69) is 5.32 Å². The Labute approximate surface area is 159 Å². The lowest BCUT2D eigenvalue weighted by atomic mass is 10.1. The van der Waals surface area contributed by atoms with Crippen molar-refractivity contribution in [2.75, 3.05) is 26.0 Å². The van der Waals surface area contributed by atoms with Gasteiger partial charge in [0.15, 0.2) is 11.6 Å². The molecule has 5 nitrogen and oxygen atoms in total. The van der Waals surface area contributed by atoms with Crippen LogP contribution in [0.4, 0.5) is 10.1 Å². The highest BCUT2D eigenvalue weighted by Crippen LogP contribution is 2.22. The first-order valence-corrected chi connectivity index (χ1v) is 8.65. The van der Waals surface area contributed by atoms with Crippen LogP contribution in [0.25, 0.3) is 0 Å². The topological polar surface area (TPSA) is 58.6 Å². The molecule has 0 saturated carbocycles. The maximum atomic E-state index is 13.7. The zero-order valence-corrected chi connectivity index (χ0v) is 16.4. The minimum absolute atomic E-state index is 0.00722. The summed E-state index contributed by atoms with van der Waals surface area (Å²) < 4.78 is 18.6. The lowest BCUT2D eigenvalue weighted by Gasteiger charge is -2.18. The third-order valence-electron chi connectivity index (χ3n) is 4.32. The highest BCUT2D eigenvalue weighted by molar-refractivity contribution is 5.96. The maximum Gasteiger partial charge on any atom is 0.243 e. The van der Waals surface area contributed by atoms with E-state index in [1.807, 2.05) is 32.9 Å². The van der Waals surface area contributed by atoms with Gasteiger partial charge < -0.3 is 15.0 Å². The van der Waals surface area contributed by atoms with E-state index in [1.165, 1.54) is 24.1 Å². The molecule has 1 N–H and O–H groups in total. The van der Waals surface area contributed by atoms with Crippen molar-refractivity contribution in [3.63, 3.8) is 0 Å². The van der Waals surface area contributed by atoms with Crippen molar-refractivity contribution in [1.29, 1.82) is 0 Å². The van der Waals surface area contributed by atoms with Gasteiger partial charge in [0.25, 0.3) is 0 Å². The van der Waals surface area contributed by atoms with Gasteiger partial charge in [-0.3, -0.25) is 9.59 Å². The quantitative estimate of drug-likeness (QED) is 0.846. The van der Waals surface area contributed by atoms with E-state index in [-0.39, 0.29) is 30.5 Å². The number of nitrogens with one attached hydrogen (secondary N) is 1. The molecule has 2 aromatic rings. The van der Waals surface area contributed by atoms with Gasteiger partial charge in [0.05, 0.1) is 20.1 Å². The van der Waals surface area contributed by atoms with E-state index >= 15 is 0 Å². The molecule has 2 aromatic carbocycles. The first-order valence-electron chi connectivity index (χ1n) is 8.65. The van der Waals surface area contributed by atoms with Crippen LogP contribution in [0.1, 0.15) is 22.3 Å². The molecule has 6 heteroatoms. The SMILES string of the molecule is COc1ccc(CC(=O)N(C)CC(=O)Nc2c(C)cc(C)cc2C)cc1F. The van der Waals surface area contributed by atoms with Crippen LogP contribution in [0.15, 0.2) is 30.3 Å². The number of methoxy groups -OCH3 is 1. The van der Waals surface area contributed by atoms with E-state index in [4.69, 9.17) is 4.74 Å². The number of hydrogen-bond donors (Lipinski definition) is 1. The van der Waals surface area contributed by atoms with E-state index in [1.54, 1.807) is 13.1 Å². The van der Waals surface area contributed by atoms with Crippen molar-refractivity contribution in [3.05, 3.63) is 58.4 Å². The third-order valence-corrected chi connectivity index (χ3v) is 4.32. The number of rotatable bonds is 6. The number of nitrogens with zero attached hydrogens (tertiary/aromatic N) is 1. The largest absolute Gasteiger partial charge is 0.494 e. The Balaban J connectivity index is 1.98. The Bertz CT molecular complexity index is 841. The van der Waals surface area contributed by atoms with Crippen molar-refractivity contribution >= 4 is 17.5 Å². The Hall–Kier alpha value is -2.89. The highest BCUT2D eigenvalue weighted by Gasteiger charge is 2.16. The molecule has 0 radical (unpaired) electrons. The van der Waals surface area contributed by atoms with E-state index < -0.39 is 5.82 Å². The van der Waals surface area contributed by atoms with Gasteiger partial charge in [0.1, 0.15) is 0 Å². The maximum absolute atomic E-state index is 13.7. The number of benzene rings is 2. The molecule has 144 valence electrons. The zero-order valence-electron chi connectivity index (χ0n) is 16.4. The molecule has 0 heterocycles. The lowest BCUT2D eigenvalue weighted by molar-refractivity contribution is -0.132. The van der Waals surface area contributed by atoms with Crippen molar-refractivity contribution in [3.8, 4) is 5.75 Å². The molecule has 0 aromatic heterocycles. The molecular weight excluding hydrogens is 347 g/mol. The molecule has 0 fully saturated rings. The van der Waals surface area contributed by atoms with Crippen LogP contribution < -0.4 is 10.1 Å². The van der Waals surface area contributed by atoms with Gasteiger partial charge in [-0.1, -0.05) is 23.8 Å². The number of likely N-dealkylation sites (N-methyl/N-ethyl adjacent to an activating group) is 1. The molecule has 2 amide bonds. The second-order valence-electron chi connectivity index (χ2n) is 6.72. The van der Waals surface area contributed by atoms with Crippen LogP contribution in [0, 0.1) is 26.6 Å². The third kappa shape index (κ3) is 5.29. The summed E-state index contributed by atoms with van der Waals surface area (Å²) in [5.41, 5.74) is 4.37. The normalized spacial score (nSPS) is 10.4. The summed E-state index contributed by atoms with van der Waals surface area (Å²) in [5.74, 6) is -0.940. The summed E-state index contributed by atoms with van der Waals surface area (Å²) in [7, 11) is 2.93. The van der Waals surface area contributed by atoms with Crippen molar-refractivity contribution in [2.24, 2.45) is 0 Å². The monoisotopic (exact) mass is 372 g/mol. The standard InChI is InChI=1S/C21H25FN2O3/c1-13-8-14(2)21(15(3)9-13)23-19(25)12-24(4)20(26)11-16-6-7-18(27-5)17(22)10-16/h6-10H,11-12H2,1-5H3,(H,23,25). The van der Waals surface area contributed by atoms with Gasteiger partial charge in [-0.05, 0) is 49.6 Å². The number of aryl methyl sites for hydroxylation is 3. The number of anilines is 1. The summed E-state index contributed by atoms with van der Waals surface area (Å²) >= 11 is 0. The highest BCUT2D eigenvalue weighted by atomic mass is 19.1. The number of carbonyl (C=O) groups excluding carboxylic acids is 2. The van der Waals surface area contributed by atoms with Gasteiger partial charge in [-0.2, -0.15) is 0 Å². The zero-order chi connectivity index (χ0) is 20.1. The summed E-state index contributed by atoms with van der Waals surface area (Å²) in [6.45, 7) is 5.79. The summed E-state index contributed by atoms with van der Waals surface area (Å²) in [5, 5.41) is 2.87. The summed E-state index contributed by atoms with van der Waals surface area (Å²) in [6, 6.07) is 8.37. The van der Waals surface area contributed by atoms with Crippen LogP contribution in [0.3, 0.4) is 0 Å². The summed E-state index contributed by atoms with van der Waals surface area (Å²) in [4.78, 5) is 26.0.